The summed E-state index contributed by atoms with van der Waals surface area (Å²) in [6.07, 6.45) is 7.85. The van der Waals surface area contributed by atoms with Crippen LogP contribution in [0.3, 0.4) is 0 Å². The van der Waals surface area contributed by atoms with Crippen LogP contribution in [0.25, 0.3) is 0 Å². The SMILES string of the molecule is C=C[C@]1(C)CC[C@@]2(O1)C(C)=CC(=O)[C@@]1(O)C(C)(C)CCC[C@@]12C. The lowest BCUT2D eigenvalue weighted by molar-refractivity contribution is -0.249. The molecule has 3 aliphatic rings. The maximum atomic E-state index is 13.0. The molecule has 0 aromatic rings. The maximum absolute atomic E-state index is 13.0. The van der Waals surface area contributed by atoms with Gasteiger partial charge in [-0.3, -0.25) is 4.79 Å². The molecule has 1 saturated carbocycles. The van der Waals surface area contributed by atoms with Crippen molar-refractivity contribution >= 4 is 5.78 Å². The molecule has 2 aliphatic carbocycles. The molecule has 0 aromatic carbocycles. The zero-order chi connectivity index (χ0) is 17.3. The van der Waals surface area contributed by atoms with Gasteiger partial charge in [-0.25, -0.2) is 0 Å². The summed E-state index contributed by atoms with van der Waals surface area (Å²) >= 11 is 0. The molecule has 3 heteroatoms. The summed E-state index contributed by atoms with van der Waals surface area (Å²) in [6.45, 7) is 14.1. The maximum Gasteiger partial charge on any atom is 0.188 e. The molecule has 4 atom stereocenters. The Kier molecular flexibility index (Phi) is 3.36. The van der Waals surface area contributed by atoms with Crippen LogP contribution in [0.15, 0.2) is 24.3 Å². The van der Waals surface area contributed by atoms with Crippen molar-refractivity contribution in [3.05, 3.63) is 24.3 Å². The normalized spacial score (nSPS) is 49.0. The molecule has 23 heavy (non-hydrogen) atoms. The van der Waals surface area contributed by atoms with Crippen LogP contribution in [0, 0.1) is 10.8 Å². The molecule has 1 heterocycles. The van der Waals surface area contributed by atoms with Crippen LogP contribution in [-0.2, 0) is 9.53 Å². The van der Waals surface area contributed by atoms with Gasteiger partial charge in [0.25, 0.3) is 0 Å². The van der Waals surface area contributed by atoms with Crippen LogP contribution in [-0.4, -0.2) is 27.7 Å². The number of carbonyl (C=O) groups is 1. The van der Waals surface area contributed by atoms with Crippen LogP contribution in [0.2, 0.25) is 0 Å². The number of ketones is 1. The fraction of sp³-hybridized carbons (Fsp3) is 0.750. The predicted molar refractivity (Wildman–Crippen MR) is 91.1 cm³/mol. The third-order valence-corrected chi connectivity index (χ3v) is 7.30. The number of hydrogen-bond acceptors (Lipinski definition) is 3. The topological polar surface area (TPSA) is 46.5 Å². The second-order valence-corrected chi connectivity index (χ2v) is 8.92. The van der Waals surface area contributed by atoms with Crippen LogP contribution in [0.1, 0.15) is 66.7 Å². The summed E-state index contributed by atoms with van der Waals surface area (Å²) in [7, 11) is 0. The molecule has 1 saturated heterocycles. The molecule has 1 N–H and O–H groups in total. The van der Waals surface area contributed by atoms with E-state index in [1.165, 1.54) is 0 Å². The Morgan fingerprint density at radius 1 is 1.17 bits per heavy atom. The molecular formula is C20H30O3. The molecule has 3 nitrogen and oxygen atoms in total. The lowest BCUT2D eigenvalue weighted by Crippen LogP contribution is -2.73. The minimum atomic E-state index is -1.38. The van der Waals surface area contributed by atoms with Crippen LogP contribution >= 0.6 is 0 Å². The Labute approximate surface area is 139 Å². The van der Waals surface area contributed by atoms with Crippen molar-refractivity contribution in [3.8, 4) is 0 Å². The first-order chi connectivity index (χ1) is 10.5. The van der Waals surface area contributed by atoms with E-state index < -0.39 is 27.6 Å². The van der Waals surface area contributed by atoms with E-state index in [1.807, 2.05) is 26.8 Å². The Balaban J connectivity index is 2.24. The van der Waals surface area contributed by atoms with Gasteiger partial charge in [-0.05, 0) is 51.2 Å². The minimum absolute atomic E-state index is 0.149. The van der Waals surface area contributed by atoms with Gasteiger partial charge < -0.3 is 9.84 Å². The van der Waals surface area contributed by atoms with Crippen molar-refractivity contribution in [1.82, 2.24) is 0 Å². The average Bonchev–Trinajstić information content (AvgIpc) is 2.83. The second kappa shape index (κ2) is 4.58. The van der Waals surface area contributed by atoms with E-state index >= 15 is 0 Å². The van der Waals surface area contributed by atoms with E-state index in [4.69, 9.17) is 4.74 Å². The summed E-state index contributed by atoms with van der Waals surface area (Å²) in [5, 5.41) is 11.7. The van der Waals surface area contributed by atoms with E-state index in [9.17, 15) is 9.90 Å². The highest BCUT2D eigenvalue weighted by molar-refractivity contribution is 6.01. The minimum Gasteiger partial charge on any atom is -0.380 e. The van der Waals surface area contributed by atoms with Gasteiger partial charge in [-0.15, -0.1) is 6.58 Å². The molecule has 1 aliphatic heterocycles. The molecule has 0 aromatic heterocycles. The third kappa shape index (κ3) is 1.76. The van der Waals surface area contributed by atoms with Crippen molar-refractivity contribution in [2.45, 2.75) is 83.5 Å². The van der Waals surface area contributed by atoms with Gasteiger partial charge in [0.2, 0.25) is 0 Å². The fourth-order valence-electron chi connectivity index (χ4n) is 5.68. The van der Waals surface area contributed by atoms with E-state index in [-0.39, 0.29) is 5.78 Å². The zero-order valence-corrected chi connectivity index (χ0v) is 15.2. The van der Waals surface area contributed by atoms with E-state index in [0.29, 0.717) is 0 Å². The van der Waals surface area contributed by atoms with E-state index in [0.717, 1.165) is 37.7 Å². The zero-order valence-electron chi connectivity index (χ0n) is 15.2. The monoisotopic (exact) mass is 318 g/mol. The first kappa shape index (κ1) is 16.9. The quantitative estimate of drug-likeness (QED) is 0.745. The van der Waals surface area contributed by atoms with Crippen LogP contribution < -0.4 is 0 Å². The fourth-order valence-corrected chi connectivity index (χ4v) is 5.68. The lowest BCUT2D eigenvalue weighted by Gasteiger charge is -2.64. The molecule has 3 rings (SSSR count). The number of ether oxygens (including phenoxy) is 1. The van der Waals surface area contributed by atoms with Crippen molar-refractivity contribution in [3.63, 3.8) is 0 Å². The Morgan fingerprint density at radius 3 is 2.39 bits per heavy atom. The molecule has 0 radical (unpaired) electrons. The predicted octanol–water partition coefficient (Wildman–Crippen LogP) is 3.96. The molecule has 2 fully saturated rings. The Hall–Kier alpha value is -0.930. The van der Waals surface area contributed by atoms with Gasteiger partial charge in [-0.2, -0.15) is 0 Å². The Morgan fingerprint density at radius 2 is 1.83 bits per heavy atom. The molecule has 0 bridgehead atoms. The van der Waals surface area contributed by atoms with Gasteiger partial charge in [0.1, 0.15) is 5.60 Å². The highest BCUT2D eigenvalue weighted by atomic mass is 16.5. The van der Waals surface area contributed by atoms with E-state index in [2.05, 4.69) is 20.4 Å². The van der Waals surface area contributed by atoms with Crippen LogP contribution in [0.4, 0.5) is 0 Å². The molecule has 1 spiro atoms. The van der Waals surface area contributed by atoms with Crippen molar-refractivity contribution in [2.24, 2.45) is 10.8 Å². The number of carbonyl (C=O) groups excluding carboxylic acids is 1. The summed E-state index contributed by atoms with van der Waals surface area (Å²) in [5.74, 6) is -0.149. The van der Waals surface area contributed by atoms with Crippen molar-refractivity contribution < 1.29 is 14.6 Å². The van der Waals surface area contributed by atoms with Gasteiger partial charge in [-0.1, -0.05) is 33.3 Å². The van der Waals surface area contributed by atoms with Crippen molar-refractivity contribution in [2.75, 3.05) is 0 Å². The number of aliphatic hydroxyl groups is 1. The van der Waals surface area contributed by atoms with Gasteiger partial charge in [0, 0.05) is 10.8 Å². The lowest BCUT2D eigenvalue weighted by atomic mass is 9.43. The Bertz CT molecular complexity index is 604. The smallest absolute Gasteiger partial charge is 0.188 e. The third-order valence-electron chi connectivity index (χ3n) is 7.30. The number of rotatable bonds is 1. The van der Waals surface area contributed by atoms with Crippen molar-refractivity contribution in [1.29, 1.82) is 0 Å². The van der Waals surface area contributed by atoms with Gasteiger partial charge >= 0.3 is 0 Å². The first-order valence-corrected chi connectivity index (χ1v) is 8.77. The first-order valence-electron chi connectivity index (χ1n) is 8.77. The molecule has 128 valence electrons. The highest BCUT2D eigenvalue weighted by Crippen LogP contribution is 2.67. The number of hydrogen-bond donors (Lipinski definition) is 1. The summed E-state index contributed by atoms with van der Waals surface area (Å²) in [6, 6.07) is 0. The summed E-state index contributed by atoms with van der Waals surface area (Å²) in [4.78, 5) is 13.0. The molecular weight excluding hydrogens is 288 g/mol. The molecule has 0 unspecified atom stereocenters. The second-order valence-electron chi connectivity index (χ2n) is 8.92. The van der Waals surface area contributed by atoms with Gasteiger partial charge in [0.15, 0.2) is 5.78 Å². The van der Waals surface area contributed by atoms with Gasteiger partial charge in [0.05, 0.1) is 11.2 Å². The standard InChI is InChI=1S/C20H30O3/c1-7-17(5)11-12-19(23-17)14(2)13-15(21)20(22)16(3,4)9-8-10-18(19,20)6/h7,13,22H,1,8-12H2,2-6H3/t17-,18-,19-,20-/m1/s1. The van der Waals surface area contributed by atoms with Crippen LogP contribution in [0.5, 0.6) is 0 Å². The summed E-state index contributed by atoms with van der Waals surface area (Å²) in [5.41, 5.74) is -2.49. The summed E-state index contributed by atoms with van der Waals surface area (Å²) < 4.78 is 6.62. The number of fused-ring (bicyclic) bond motifs is 2. The van der Waals surface area contributed by atoms with E-state index in [1.54, 1.807) is 6.08 Å². The molecule has 0 amide bonds. The highest BCUT2D eigenvalue weighted by Gasteiger charge is 2.73. The largest absolute Gasteiger partial charge is 0.380 e. The average molecular weight is 318 g/mol.